The van der Waals surface area contributed by atoms with Crippen molar-refractivity contribution in [1.82, 2.24) is 15.3 Å². The van der Waals surface area contributed by atoms with E-state index in [1.165, 1.54) is 6.33 Å². The highest BCUT2D eigenvalue weighted by molar-refractivity contribution is 5.90. The summed E-state index contributed by atoms with van der Waals surface area (Å²) in [6.07, 6.45) is 3.32. The number of hydrogen-bond donors (Lipinski definition) is 2. The van der Waals surface area contributed by atoms with Crippen LogP contribution in [0.5, 0.6) is 5.75 Å². The molecule has 2 N–H and O–H groups in total. The SMILES string of the molecule is COc1ccccc1C1(NC(=O)CNc2ncnc3ccccc23)CC1. The van der Waals surface area contributed by atoms with Crippen LogP contribution in [0.15, 0.2) is 54.9 Å². The lowest BCUT2D eigenvalue weighted by atomic mass is 10.0. The number of benzene rings is 2. The van der Waals surface area contributed by atoms with E-state index in [0.717, 1.165) is 35.1 Å². The second kappa shape index (κ2) is 6.63. The van der Waals surface area contributed by atoms with Gasteiger partial charge in [0, 0.05) is 10.9 Å². The predicted octanol–water partition coefficient (Wildman–Crippen LogP) is 2.86. The number of hydrogen-bond acceptors (Lipinski definition) is 5. The molecule has 0 unspecified atom stereocenters. The second-order valence-electron chi connectivity index (χ2n) is 6.42. The van der Waals surface area contributed by atoms with Gasteiger partial charge in [0.25, 0.3) is 0 Å². The molecule has 132 valence electrons. The van der Waals surface area contributed by atoms with Crippen LogP contribution in [0.3, 0.4) is 0 Å². The summed E-state index contributed by atoms with van der Waals surface area (Å²) in [6.45, 7) is 0.151. The standard InChI is InChI=1S/C20H20N4O2/c1-26-17-9-5-3-7-15(17)20(10-11-20)24-18(25)12-21-19-14-6-2-4-8-16(14)22-13-23-19/h2-9,13H,10-12H2,1H3,(H,24,25)(H,21,22,23). The smallest absolute Gasteiger partial charge is 0.240 e. The van der Waals surface area contributed by atoms with Gasteiger partial charge in [-0.1, -0.05) is 30.3 Å². The molecular formula is C20H20N4O2. The second-order valence-corrected chi connectivity index (χ2v) is 6.42. The molecular weight excluding hydrogens is 328 g/mol. The van der Waals surface area contributed by atoms with Gasteiger partial charge in [-0.2, -0.15) is 0 Å². The van der Waals surface area contributed by atoms with E-state index in [1.54, 1.807) is 7.11 Å². The van der Waals surface area contributed by atoms with Gasteiger partial charge in [-0.25, -0.2) is 9.97 Å². The predicted molar refractivity (Wildman–Crippen MR) is 100 cm³/mol. The van der Waals surface area contributed by atoms with Gasteiger partial charge in [0.2, 0.25) is 5.91 Å². The zero-order valence-electron chi connectivity index (χ0n) is 14.5. The lowest BCUT2D eigenvalue weighted by molar-refractivity contribution is -0.120. The first-order valence-corrected chi connectivity index (χ1v) is 8.60. The molecule has 0 radical (unpaired) electrons. The van der Waals surface area contributed by atoms with Gasteiger partial charge < -0.3 is 15.4 Å². The normalized spacial score (nSPS) is 14.7. The Morgan fingerprint density at radius 3 is 2.69 bits per heavy atom. The van der Waals surface area contributed by atoms with Crippen LogP contribution >= 0.6 is 0 Å². The number of aromatic nitrogens is 2. The Labute approximate surface area is 151 Å². The van der Waals surface area contributed by atoms with Crippen molar-refractivity contribution in [3.63, 3.8) is 0 Å². The molecule has 0 spiro atoms. The van der Waals surface area contributed by atoms with Crippen LogP contribution in [-0.2, 0) is 10.3 Å². The van der Waals surface area contributed by atoms with E-state index in [9.17, 15) is 4.79 Å². The lowest BCUT2D eigenvalue weighted by Gasteiger charge is -2.20. The van der Waals surface area contributed by atoms with Gasteiger partial charge >= 0.3 is 0 Å². The van der Waals surface area contributed by atoms with Gasteiger partial charge in [0.15, 0.2) is 0 Å². The molecule has 0 saturated heterocycles. The highest BCUT2D eigenvalue weighted by Gasteiger charge is 2.47. The minimum atomic E-state index is -0.320. The molecule has 3 aromatic rings. The number of nitrogens with one attached hydrogen (secondary N) is 2. The fourth-order valence-electron chi connectivity index (χ4n) is 3.25. The van der Waals surface area contributed by atoms with Gasteiger partial charge in [0.05, 0.1) is 24.7 Å². The molecule has 2 aromatic carbocycles. The van der Waals surface area contributed by atoms with Crippen LogP contribution in [0.2, 0.25) is 0 Å². The molecule has 1 saturated carbocycles. The molecule has 1 heterocycles. The van der Waals surface area contributed by atoms with E-state index >= 15 is 0 Å². The molecule has 1 fully saturated rings. The first-order valence-electron chi connectivity index (χ1n) is 8.60. The van der Waals surface area contributed by atoms with Crippen molar-refractivity contribution in [3.8, 4) is 5.75 Å². The number of fused-ring (bicyclic) bond motifs is 1. The lowest BCUT2D eigenvalue weighted by Crippen LogP contribution is -2.38. The summed E-state index contributed by atoms with van der Waals surface area (Å²) in [4.78, 5) is 21.0. The molecule has 0 aliphatic heterocycles. The third-order valence-electron chi connectivity index (χ3n) is 4.71. The first kappa shape index (κ1) is 16.3. The van der Waals surface area contributed by atoms with E-state index < -0.39 is 0 Å². The highest BCUT2D eigenvalue weighted by atomic mass is 16.5. The van der Waals surface area contributed by atoms with Crippen LogP contribution in [0.1, 0.15) is 18.4 Å². The number of rotatable bonds is 6. The molecule has 0 atom stereocenters. The van der Waals surface area contributed by atoms with E-state index in [-0.39, 0.29) is 18.0 Å². The molecule has 6 nitrogen and oxygen atoms in total. The van der Waals surface area contributed by atoms with Crippen molar-refractivity contribution in [2.75, 3.05) is 19.0 Å². The number of ether oxygens (including phenoxy) is 1. The van der Waals surface area contributed by atoms with E-state index in [1.807, 2.05) is 48.5 Å². The number of methoxy groups -OCH3 is 1. The topological polar surface area (TPSA) is 76.1 Å². The van der Waals surface area contributed by atoms with Gasteiger partial charge in [-0.05, 0) is 31.0 Å². The molecule has 0 bridgehead atoms. The van der Waals surface area contributed by atoms with Crippen molar-refractivity contribution in [2.45, 2.75) is 18.4 Å². The van der Waals surface area contributed by atoms with Gasteiger partial charge in [0.1, 0.15) is 17.9 Å². The summed E-state index contributed by atoms with van der Waals surface area (Å²) < 4.78 is 5.45. The maximum atomic E-state index is 12.5. The Balaban J connectivity index is 1.46. The summed E-state index contributed by atoms with van der Waals surface area (Å²) in [5, 5.41) is 7.17. The summed E-state index contributed by atoms with van der Waals surface area (Å²) >= 11 is 0. The van der Waals surface area contributed by atoms with Gasteiger partial charge in [-0.3, -0.25) is 4.79 Å². The summed E-state index contributed by atoms with van der Waals surface area (Å²) in [7, 11) is 1.65. The van der Waals surface area contributed by atoms with Crippen LogP contribution in [-0.4, -0.2) is 29.5 Å². The monoisotopic (exact) mass is 348 g/mol. The zero-order chi connectivity index (χ0) is 18.0. The minimum Gasteiger partial charge on any atom is -0.496 e. The molecule has 1 aliphatic rings. The molecule has 4 rings (SSSR count). The van der Waals surface area contributed by atoms with E-state index in [0.29, 0.717) is 5.82 Å². The van der Waals surface area contributed by atoms with Crippen molar-refractivity contribution < 1.29 is 9.53 Å². The maximum absolute atomic E-state index is 12.5. The highest BCUT2D eigenvalue weighted by Crippen LogP contribution is 2.48. The fourth-order valence-corrected chi connectivity index (χ4v) is 3.25. The molecule has 26 heavy (non-hydrogen) atoms. The number of carbonyl (C=O) groups is 1. The van der Waals surface area contributed by atoms with E-state index in [4.69, 9.17) is 4.74 Å². The zero-order valence-corrected chi connectivity index (χ0v) is 14.5. The Kier molecular flexibility index (Phi) is 4.16. The van der Waals surface area contributed by atoms with Crippen LogP contribution < -0.4 is 15.4 Å². The molecule has 1 amide bonds. The number of anilines is 1. The largest absolute Gasteiger partial charge is 0.496 e. The molecule has 6 heteroatoms. The minimum absolute atomic E-state index is 0.0731. The van der Waals surface area contributed by atoms with Crippen LogP contribution in [0, 0.1) is 0 Å². The third-order valence-corrected chi connectivity index (χ3v) is 4.71. The van der Waals surface area contributed by atoms with Crippen LogP contribution in [0.4, 0.5) is 5.82 Å². The van der Waals surface area contributed by atoms with Crippen molar-refractivity contribution in [2.24, 2.45) is 0 Å². The van der Waals surface area contributed by atoms with E-state index in [2.05, 4.69) is 20.6 Å². The maximum Gasteiger partial charge on any atom is 0.240 e. The first-order chi connectivity index (χ1) is 12.7. The van der Waals surface area contributed by atoms with Crippen molar-refractivity contribution in [1.29, 1.82) is 0 Å². The molecule has 1 aromatic heterocycles. The Hall–Kier alpha value is -3.15. The number of carbonyl (C=O) groups excluding carboxylic acids is 1. The number of para-hydroxylation sites is 2. The number of amides is 1. The average Bonchev–Trinajstić information content (AvgIpc) is 3.46. The van der Waals surface area contributed by atoms with Gasteiger partial charge in [-0.15, -0.1) is 0 Å². The summed E-state index contributed by atoms with van der Waals surface area (Å²) in [5.74, 6) is 1.39. The van der Waals surface area contributed by atoms with Crippen LogP contribution in [0.25, 0.3) is 10.9 Å². The third kappa shape index (κ3) is 3.06. The van der Waals surface area contributed by atoms with Crippen molar-refractivity contribution in [3.05, 3.63) is 60.4 Å². The van der Waals surface area contributed by atoms with Crippen molar-refractivity contribution >= 4 is 22.6 Å². The summed E-state index contributed by atoms with van der Waals surface area (Å²) in [5.41, 5.74) is 1.56. The molecule has 1 aliphatic carbocycles. The Morgan fingerprint density at radius 1 is 1.12 bits per heavy atom. The average molecular weight is 348 g/mol. The number of nitrogens with zero attached hydrogens (tertiary/aromatic N) is 2. The fraction of sp³-hybridized carbons (Fsp3) is 0.250. The Morgan fingerprint density at radius 2 is 1.88 bits per heavy atom. The summed E-state index contributed by atoms with van der Waals surface area (Å²) in [6, 6.07) is 15.5. The Bertz CT molecular complexity index is 948. The quantitative estimate of drug-likeness (QED) is 0.716.